The molecule has 82 valence electrons. The molecule has 1 saturated carbocycles. The zero-order valence-corrected chi connectivity index (χ0v) is 10.4. The van der Waals surface area contributed by atoms with Crippen molar-refractivity contribution >= 4 is 15.9 Å². The lowest BCUT2D eigenvalue weighted by molar-refractivity contribution is 0.139. The highest BCUT2D eigenvalue weighted by molar-refractivity contribution is 9.10. The summed E-state index contributed by atoms with van der Waals surface area (Å²) in [5.41, 5.74) is 1.35. The van der Waals surface area contributed by atoms with Gasteiger partial charge in [0.1, 0.15) is 0 Å². The second-order valence-corrected chi connectivity index (χ2v) is 5.24. The summed E-state index contributed by atoms with van der Waals surface area (Å²) in [6, 6.07) is 8.32. The van der Waals surface area contributed by atoms with Gasteiger partial charge < -0.3 is 5.11 Å². The van der Waals surface area contributed by atoms with Crippen LogP contribution in [0, 0.1) is 5.92 Å². The predicted octanol–water partition coefficient (Wildman–Crippen LogP) is 3.54. The van der Waals surface area contributed by atoms with Gasteiger partial charge in [0.2, 0.25) is 0 Å². The minimum absolute atomic E-state index is 0.0486. The van der Waals surface area contributed by atoms with E-state index in [2.05, 4.69) is 34.1 Å². The fourth-order valence-corrected chi connectivity index (χ4v) is 2.40. The third-order valence-corrected chi connectivity index (χ3v) is 3.84. The Labute approximate surface area is 99.6 Å². The summed E-state index contributed by atoms with van der Waals surface area (Å²) in [4.78, 5) is 0. The Balaban J connectivity index is 1.75. The van der Waals surface area contributed by atoms with Crippen molar-refractivity contribution in [3.63, 3.8) is 0 Å². The van der Waals surface area contributed by atoms with E-state index in [1.54, 1.807) is 0 Å². The molecule has 0 amide bonds. The van der Waals surface area contributed by atoms with E-state index in [-0.39, 0.29) is 6.10 Å². The van der Waals surface area contributed by atoms with Crippen LogP contribution in [0.4, 0.5) is 0 Å². The van der Waals surface area contributed by atoms with Gasteiger partial charge in [0, 0.05) is 4.47 Å². The molecule has 0 saturated heterocycles. The summed E-state index contributed by atoms with van der Waals surface area (Å²) in [7, 11) is 0. The number of rotatable bonds is 5. The Morgan fingerprint density at radius 3 is 2.73 bits per heavy atom. The van der Waals surface area contributed by atoms with E-state index >= 15 is 0 Å². The summed E-state index contributed by atoms with van der Waals surface area (Å²) in [5.74, 6) is 0.615. The van der Waals surface area contributed by atoms with Crippen LogP contribution in [0.15, 0.2) is 28.7 Å². The molecule has 1 aliphatic carbocycles. The molecule has 1 aliphatic rings. The van der Waals surface area contributed by atoms with Crippen LogP contribution < -0.4 is 0 Å². The summed E-state index contributed by atoms with van der Waals surface area (Å²) >= 11 is 3.54. The molecule has 1 fully saturated rings. The van der Waals surface area contributed by atoms with Crippen LogP contribution in [-0.2, 0) is 6.42 Å². The average Bonchev–Trinajstić information content (AvgIpc) is 3.04. The minimum atomic E-state index is -0.0486. The van der Waals surface area contributed by atoms with Gasteiger partial charge in [-0.1, -0.05) is 34.1 Å². The Hall–Kier alpha value is -0.340. The van der Waals surface area contributed by atoms with Gasteiger partial charge in [-0.15, -0.1) is 0 Å². The molecule has 1 N–H and O–H groups in total. The number of halogens is 1. The van der Waals surface area contributed by atoms with Crippen LogP contribution >= 0.6 is 15.9 Å². The number of hydrogen-bond donors (Lipinski definition) is 1. The monoisotopic (exact) mass is 268 g/mol. The predicted molar refractivity (Wildman–Crippen MR) is 65.8 cm³/mol. The van der Waals surface area contributed by atoms with E-state index in [1.807, 2.05) is 6.07 Å². The highest BCUT2D eigenvalue weighted by atomic mass is 79.9. The summed E-state index contributed by atoms with van der Waals surface area (Å²) in [6.45, 7) is 0. The van der Waals surface area contributed by atoms with Crippen LogP contribution in [0.5, 0.6) is 0 Å². The molecule has 0 radical (unpaired) electrons. The van der Waals surface area contributed by atoms with Crippen LogP contribution in [0.1, 0.15) is 31.2 Å². The summed E-state index contributed by atoms with van der Waals surface area (Å²) in [6.07, 6.45) is 5.51. The van der Waals surface area contributed by atoms with Crippen molar-refractivity contribution in [3.8, 4) is 0 Å². The van der Waals surface area contributed by atoms with Crippen molar-refractivity contribution in [2.75, 3.05) is 0 Å². The van der Waals surface area contributed by atoms with E-state index in [1.165, 1.54) is 22.9 Å². The molecule has 0 heterocycles. The lowest BCUT2D eigenvalue weighted by Crippen LogP contribution is -2.09. The number of aliphatic hydroxyl groups excluding tert-OH is 1. The van der Waals surface area contributed by atoms with E-state index < -0.39 is 0 Å². The van der Waals surface area contributed by atoms with Crippen molar-refractivity contribution < 1.29 is 5.11 Å². The molecule has 2 heteroatoms. The molecule has 1 unspecified atom stereocenters. The molecular weight excluding hydrogens is 252 g/mol. The maximum atomic E-state index is 9.72. The first kappa shape index (κ1) is 11.2. The van der Waals surface area contributed by atoms with Gasteiger partial charge in [0.15, 0.2) is 0 Å². The Kier molecular flexibility index (Phi) is 3.81. The van der Waals surface area contributed by atoms with Gasteiger partial charge in [-0.2, -0.15) is 0 Å². The zero-order valence-electron chi connectivity index (χ0n) is 8.82. The lowest BCUT2D eigenvalue weighted by Gasteiger charge is -2.09. The highest BCUT2D eigenvalue weighted by Crippen LogP contribution is 2.34. The van der Waals surface area contributed by atoms with Gasteiger partial charge in [0.05, 0.1) is 6.10 Å². The first-order valence-corrected chi connectivity index (χ1v) is 6.48. The summed E-state index contributed by atoms with van der Waals surface area (Å²) < 4.78 is 1.19. The van der Waals surface area contributed by atoms with E-state index in [0.29, 0.717) is 5.92 Å². The molecule has 0 aliphatic heterocycles. The molecule has 2 rings (SSSR count). The maximum absolute atomic E-state index is 9.72. The Morgan fingerprint density at radius 2 is 2.07 bits per heavy atom. The van der Waals surface area contributed by atoms with Crippen molar-refractivity contribution in [3.05, 3.63) is 34.3 Å². The van der Waals surface area contributed by atoms with E-state index in [9.17, 15) is 5.11 Å². The molecule has 1 aromatic rings. The first-order chi connectivity index (χ1) is 7.27. The Morgan fingerprint density at radius 1 is 1.33 bits per heavy atom. The molecule has 0 bridgehead atoms. The van der Waals surface area contributed by atoms with Crippen molar-refractivity contribution in [2.24, 2.45) is 5.92 Å². The molecule has 15 heavy (non-hydrogen) atoms. The highest BCUT2D eigenvalue weighted by Gasteiger charge is 2.28. The number of aryl methyl sites for hydroxylation is 1. The maximum Gasteiger partial charge on any atom is 0.0568 e. The van der Waals surface area contributed by atoms with Crippen molar-refractivity contribution in [2.45, 2.75) is 38.2 Å². The topological polar surface area (TPSA) is 20.2 Å². The Bertz CT molecular complexity index is 320. The quantitative estimate of drug-likeness (QED) is 0.866. The van der Waals surface area contributed by atoms with Gasteiger partial charge in [-0.3, -0.25) is 0 Å². The summed E-state index contributed by atoms with van der Waals surface area (Å²) in [5, 5.41) is 9.72. The molecule has 0 spiro atoms. The molecule has 1 nitrogen and oxygen atoms in total. The molecule has 0 aromatic heterocycles. The van der Waals surface area contributed by atoms with Crippen molar-refractivity contribution in [1.29, 1.82) is 0 Å². The first-order valence-electron chi connectivity index (χ1n) is 5.69. The normalized spacial score (nSPS) is 17.7. The van der Waals surface area contributed by atoms with Crippen LogP contribution in [0.25, 0.3) is 0 Å². The second kappa shape index (κ2) is 5.13. The molecule has 1 atom stereocenters. The number of aliphatic hydroxyl groups is 1. The average molecular weight is 269 g/mol. The number of benzene rings is 1. The van der Waals surface area contributed by atoms with E-state index in [4.69, 9.17) is 0 Å². The molecule has 1 aromatic carbocycles. The van der Waals surface area contributed by atoms with Crippen LogP contribution in [0.2, 0.25) is 0 Å². The standard InChI is InChI=1S/C13H17BrO/c14-12-6-2-1-4-10(12)5-3-7-13(15)11-8-9-11/h1-2,4,6,11,13,15H,3,5,7-9H2. The van der Waals surface area contributed by atoms with Crippen molar-refractivity contribution in [1.82, 2.24) is 0 Å². The third kappa shape index (κ3) is 3.32. The van der Waals surface area contributed by atoms with Gasteiger partial charge in [-0.25, -0.2) is 0 Å². The second-order valence-electron chi connectivity index (χ2n) is 4.39. The smallest absolute Gasteiger partial charge is 0.0568 e. The van der Waals surface area contributed by atoms with Gasteiger partial charge in [-0.05, 0) is 49.7 Å². The van der Waals surface area contributed by atoms with Crippen LogP contribution in [0.3, 0.4) is 0 Å². The fourth-order valence-electron chi connectivity index (χ4n) is 1.92. The number of hydrogen-bond acceptors (Lipinski definition) is 1. The zero-order chi connectivity index (χ0) is 10.7. The third-order valence-electron chi connectivity index (χ3n) is 3.07. The SMILES string of the molecule is OC(CCCc1ccccc1Br)C1CC1. The molecular formula is C13H17BrO. The van der Waals surface area contributed by atoms with Gasteiger partial charge in [0.25, 0.3) is 0 Å². The van der Waals surface area contributed by atoms with Gasteiger partial charge >= 0.3 is 0 Å². The minimum Gasteiger partial charge on any atom is -0.393 e. The lowest BCUT2D eigenvalue weighted by atomic mass is 10.0. The van der Waals surface area contributed by atoms with Crippen LogP contribution in [-0.4, -0.2) is 11.2 Å². The van der Waals surface area contributed by atoms with E-state index in [0.717, 1.165) is 19.3 Å². The fraction of sp³-hybridized carbons (Fsp3) is 0.538. The largest absolute Gasteiger partial charge is 0.393 e.